The van der Waals surface area contributed by atoms with E-state index in [0.29, 0.717) is 6.54 Å². The summed E-state index contributed by atoms with van der Waals surface area (Å²) in [4.78, 5) is 30.8. The van der Waals surface area contributed by atoms with Crippen molar-refractivity contribution in [1.29, 1.82) is 0 Å². The van der Waals surface area contributed by atoms with Crippen molar-refractivity contribution in [1.82, 2.24) is 9.80 Å². The van der Waals surface area contributed by atoms with E-state index in [0.717, 1.165) is 0 Å². The standard InChI is InChI=1S/C13H20N4O4/c1-13(2,3)21-12(19)17-8-6-5-7-16(11(18)20-4)9(8)15-10(17)14/h5-6,8-9H,7H2,1-4H3,(H2,14,15)/t8-,9+/m1/s1. The van der Waals surface area contributed by atoms with Crippen LogP contribution in [0.2, 0.25) is 0 Å². The topological polar surface area (TPSA) is 97.5 Å². The van der Waals surface area contributed by atoms with Crippen molar-refractivity contribution in [3.63, 3.8) is 0 Å². The molecule has 0 saturated heterocycles. The average Bonchev–Trinajstić information content (AvgIpc) is 2.71. The van der Waals surface area contributed by atoms with Crippen LogP contribution < -0.4 is 5.73 Å². The summed E-state index contributed by atoms with van der Waals surface area (Å²) in [6.07, 6.45) is 1.86. The highest BCUT2D eigenvalue weighted by Crippen LogP contribution is 2.26. The van der Waals surface area contributed by atoms with Crippen LogP contribution in [0.4, 0.5) is 9.59 Å². The highest BCUT2D eigenvalue weighted by molar-refractivity contribution is 5.96. The molecule has 2 rings (SSSR count). The Hall–Kier alpha value is -2.25. The predicted molar refractivity (Wildman–Crippen MR) is 75.5 cm³/mol. The predicted octanol–water partition coefficient (Wildman–Crippen LogP) is 0.885. The number of ether oxygens (including phenoxy) is 2. The zero-order valence-electron chi connectivity index (χ0n) is 12.6. The number of fused-ring (bicyclic) bond motifs is 1. The number of nitrogens with two attached hydrogens (primary N) is 1. The van der Waals surface area contributed by atoms with Gasteiger partial charge in [0.2, 0.25) is 5.96 Å². The molecule has 21 heavy (non-hydrogen) atoms. The van der Waals surface area contributed by atoms with E-state index >= 15 is 0 Å². The fraction of sp³-hybridized carbons (Fsp3) is 0.615. The molecule has 0 aromatic carbocycles. The van der Waals surface area contributed by atoms with Crippen LogP contribution >= 0.6 is 0 Å². The third kappa shape index (κ3) is 2.93. The number of methoxy groups -OCH3 is 1. The van der Waals surface area contributed by atoms with Gasteiger partial charge in [0, 0.05) is 6.54 Å². The lowest BCUT2D eigenvalue weighted by atomic mass is 10.1. The Morgan fingerprint density at radius 2 is 2.05 bits per heavy atom. The van der Waals surface area contributed by atoms with Crippen LogP contribution in [0.1, 0.15) is 20.8 Å². The summed E-state index contributed by atoms with van der Waals surface area (Å²) >= 11 is 0. The van der Waals surface area contributed by atoms with Gasteiger partial charge in [-0.1, -0.05) is 12.2 Å². The Bertz CT molecular complexity index is 509. The largest absolute Gasteiger partial charge is 0.453 e. The molecule has 0 aromatic heterocycles. The Balaban J connectivity index is 2.22. The molecule has 116 valence electrons. The van der Waals surface area contributed by atoms with Gasteiger partial charge < -0.3 is 15.2 Å². The Morgan fingerprint density at radius 3 is 2.62 bits per heavy atom. The van der Waals surface area contributed by atoms with E-state index < -0.39 is 30.0 Å². The average molecular weight is 296 g/mol. The molecule has 0 fully saturated rings. The zero-order valence-corrected chi connectivity index (χ0v) is 12.6. The molecule has 2 heterocycles. The molecule has 2 aliphatic heterocycles. The highest BCUT2D eigenvalue weighted by Gasteiger charge is 2.45. The molecule has 0 radical (unpaired) electrons. The zero-order chi connectivity index (χ0) is 15.8. The summed E-state index contributed by atoms with van der Waals surface area (Å²) in [5.41, 5.74) is 5.18. The maximum Gasteiger partial charge on any atom is 0.417 e. The van der Waals surface area contributed by atoms with Crippen molar-refractivity contribution < 1.29 is 19.1 Å². The summed E-state index contributed by atoms with van der Waals surface area (Å²) in [5.74, 6) is 0.0275. The van der Waals surface area contributed by atoms with E-state index in [-0.39, 0.29) is 5.96 Å². The van der Waals surface area contributed by atoms with Gasteiger partial charge in [-0.3, -0.25) is 4.90 Å². The van der Waals surface area contributed by atoms with Gasteiger partial charge in [-0.25, -0.2) is 19.5 Å². The Kier molecular flexibility index (Phi) is 3.80. The van der Waals surface area contributed by atoms with E-state index in [4.69, 9.17) is 15.2 Å². The first-order valence-electron chi connectivity index (χ1n) is 6.61. The van der Waals surface area contributed by atoms with Gasteiger partial charge in [0.25, 0.3) is 0 Å². The summed E-state index contributed by atoms with van der Waals surface area (Å²) in [6.45, 7) is 5.66. The third-order valence-electron chi connectivity index (χ3n) is 3.07. The first-order chi connectivity index (χ1) is 9.74. The number of hydrogen-bond acceptors (Lipinski definition) is 6. The van der Waals surface area contributed by atoms with Crippen LogP contribution in [0.3, 0.4) is 0 Å². The molecular weight excluding hydrogens is 276 g/mol. The van der Waals surface area contributed by atoms with Gasteiger partial charge in [-0.15, -0.1) is 0 Å². The van der Waals surface area contributed by atoms with E-state index in [1.165, 1.54) is 16.9 Å². The van der Waals surface area contributed by atoms with Crippen LogP contribution in [0.25, 0.3) is 0 Å². The molecular formula is C13H20N4O4. The van der Waals surface area contributed by atoms with Crippen LogP contribution in [0.5, 0.6) is 0 Å². The van der Waals surface area contributed by atoms with Crippen molar-refractivity contribution in [3.05, 3.63) is 12.2 Å². The van der Waals surface area contributed by atoms with Crippen LogP contribution in [0.15, 0.2) is 17.1 Å². The normalized spacial score (nSPS) is 24.5. The molecule has 2 aliphatic rings. The summed E-state index contributed by atoms with van der Waals surface area (Å²) in [7, 11) is 1.29. The number of guanidine groups is 1. The Labute approximate surface area is 123 Å². The van der Waals surface area contributed by atoms with E-state index in [9.17, 15) is 9.59 Å². The SMILES string of the molecule is COC(=O)N1CC=C[C@@H]2[C@H]1N=C(N)N2C(=O)OC(C)(C)C. The number of carbonyl (C=O) groups excluding carboxylic acids is 2. The fourth-order valence-corrected chi connectivity index (χ4v) is 2.25. The van der Waals surface area contributed by atoms with Gasteiger partial charge in [-0.05, 0) is 20.8 Å². The molecule has 2 N–H and O–H groups in total. The second kappa shape index (κ2) is 5.27. The van der Waals surface area contributed by atoms with Gasteiger partial charge in [0.1, 0.15) is 11.6 Å². The second-order valence-electron chi connectivity index (χ2n) is 5.79. The third-order valence-corrected chi connectivity index (χ3v) is 3.07. The second-order valence-corrected chi connectivity index (χ2v) is 5.79. The Morgan fingerprint density at radius 1 is 1.38 bits per heavy atom. The van der Waals surface area contributed by atoms with Crippen LogP contribution in [-0.4, -0.2) is 59.4 Å². The first-order valence-corrected chi connectivity index (χ1v) is 6.61. The maximum absolute atomic E-state index is 12.2. The lowest BCUT2D eigenvalue weighted by Gasteiger charge is -2.34. The van der Waals surface area contributed by atoms with E-state index in [2.05, 4.69) is 4.99 Å². The number of aliphatic imine (C=N–C) groups is 1. The molecule has 2 amide bonds. The molecule has 0 unspecified atom stereocenters. The van der Waals surface area contributed by atoms with Gasteiger partial charge in [-0.2, -0.15) is 0 Å². The molecule has 8 nitrogen and oxygen atoms in total. The number of amides is 2. The summed E-state index contributed by atoms with van der Waals surface area (Å²) in [6, 6.07) is -0.479. The fourth-order valence-electron chi connectivity index (χ4n) is 2.25. The number of rotatable bonds is 0. The smallest absolute Gasteiger partial charge is 0.417 e. The molecule has 0 bridgehead atoms. The number of nitrogens with zero attached hydrogens (tertiary/aromatic N) is 3. The minimum absolute atomic E-state index is 0.0275. The van der Waals surface area contributed by atoms with Crippen molar-refractivity contribution >= 4 is 18.1 Å². The minimum Gasteiger partial charge on any atom is -0.453 e. The number of carbonyl (C=O) groups is 2. The monoisotopic (exact) mass is 296 g/mol. The molecule has 0 aliphatic carbocycles. The van der Waals surface area contributed by atoms with Gasteiger partial charge >= 0.3 is 12.2 Å². The molecule has 8 heteroatoms. The van der Waals surface area contributed by atoms with Crippen molar-refractivity contribution in [2.75, 3.05) is 13.7 Å². The van der Waals surface area contributed by atoms with Gasteiger partial charge in [0.15, 0.2) is 6.17 Å². The molecule has 0 saturated carbocycles. The first kappa shape index (κ1) is 15.1. The van der Waals surface area contributed by atoms with Crippen molar-refractivity contribution in [2.45, 2.75) is 38.6 Å². The maximum atomic E-state index is 12.2. The summed E-state index contributed by atoms with van der Waals surface area (Å²) in [5, 5.41) is 0. The van der Waals surface area contributed by atoms with Gasteiger partial charge in [0.05, 0.1) is 7.11 Å². The molecule has 0 aromatic rings. The summed E-state index contributed by atoms with van der Waals surface area (Å²) < 4.78 is 10.0. The van der Waals surface area contributed by atoms with Crippen LogP contribution in [0, 0.1) is 0 Å². The highest BCUT2D eigenvalue weighted by atomic mass is 16.6. The van der Waals surface area contributed by atoms with E-state index in [1.54, 1.807) is 32.9 Å². The quantitative estimate of drug-likeness (QED) is 0.669. The van der Waals surface area contributed by atoms with Crippen molar-refractivity contribution in [2.24, 2.45) is 10.7 Å². The van der Waals surface area contributed by atoms with E-state index in [1.807, 2.05) is 0 Å². The van der Waals surface area contributed by atoms with Crippen LogP contribution in [-0.2, 0) is 9.47 Å². The number of hydrogen-bond donors (Lipinski definition) is 1. The molecule has 0 spiro atoms. The minimum atomic E-state index is -0.643. The van der Waals surface area contributed by atoms with Crippen molar-refractivity contribution in [3.8, 4) is 0 Å². The lowest BCUT2D eigenvalue weighted by Crippen LogP contribution is -2.54. The lowest BCUT2D eigenvalue weighted by molar-refractivity contribution is 0.0293. The molecule has 2 atom stereocenters.